The summed E-state index contributed by atoms with van der Waals surface area (Å²) in [6.07, 6.45) is 0. The number of amides is 1. The van der Waals surface area contributed by atoms with E-state index in [0.717, 1.165) is 0 Å². The van der Waals surface area contributed by atoms with E-state index in [1.54, 1.807) is 6.92 Å². The first-order valence-corrected chi connectivity index (χ1v) is 5.32. The van der Waals surface area contributed by atoms with Gasteiger partial charge in [0.25, 0.3) is 5.91 Å². The van der Waals surface area contributed by atoms with E-state index in [1.165, 1.54) is 19.1 Å². The predicted octanol–water partition coefficient (Wildman–Crippen LogP) is 0.969. The van der Waals surface area contributed by atoms with Gasteiger partial charge in [-0.2, -0.15) is 0 Å². The number of halogens is 1. The number of rotatable bonds is 4. The average molecular weight is 258 g/mol. The van der Waals surface area contributed by atoms with Crippen molar-refractivity contribution in [3.8, 4) is 0 Å². The smallest absolute Gasteiger partial charge is 0.308 e. The van der Waals surface area contributed by atoms with Crippen LogP contribution in [0.2, 0.25) is 5.15 Å². The molecular weight excluding hydrogens is 246 g/mol. The number of carboxylic acids is 1. The normalized spacial score (nSPS) is 13.8. The molecule has 0 aliphatic rings. The van der Waals surface area contributed by atoms with Crippen LogP contribution >= 0.6 is 11.6 Å². The van der Waals surface area contributed by atoms with E-state index >= 15 is 0 Å². The number of aliphatic carboxylic acids is 1. The number of carbonyl (C=O) groups is 2. The van der Waals surface area contributed by atoms with Gasteiger partial charge in [0.05, 0.1) is 5.92 Å². The van der Waals surface area contributed by atoms with Crippen molar-refractivity contribution in [2.75, 3.05) is 0 Å². The second-order valence-corrected chi connectivity index (χ2v) is 4.02. The highest BCUT2D eigenvalue weighted by Gasteiger charge is 2.21. The Morgan fingerprint density at radius 3 is 2.47 bits per heavy atom. The molecule has 0 bridgehead atoms. The molecule has 0 aliphatic carbocycles. The first-order valence-electron chi connectivity index (χ1n) is 4.94. The minimum atomic E-state index is -0.972. The Balaban J connectivity index is 2.66. The van der Waals surface area contributed by atoms with Crippen LogP contribution in [-0.4, -0.2) is 33.2 Å². The van der Waals surface area contributed by atoms with E-state index in [-0.39, 0.29) is 10.8 Å². The lowest BCUT2D eigenvalue weighted by Gasteiger charge is -2.17. The Bertz CT molecular complexity index is 421. The predicted molar refractivity (Wildman–Crippen MR) is 60.8 cm³/mol. The van der Waals surface area contributed by atoms with E-state index in [2.05, 4.69) is 15.5 Å². The van der Waals surface area contributed by atoms with Crippen molar-refractivity contribution in [2.24, 2.45) is 5.92 Å². The van der Waals surface area contributed by atoms with E-state index in [9.17, 15) is 9.59 Å². The number of nitrogens with one attached hydrogen (secondary N) is 1. The summed E-state index contributed by atoms with van der Waals surface area (Å²) in [6, 6.07) is 2.36. The zero-order chi connectivity index (χ0) is 13.0. The van der Waals surface area contributed by atoms with Crippen molar-refractivity contribution in [1.29, 1.82) is 0 Å². The second kappa shape index (κ2) is 5.58. The molecule has 7 heteroatoms. The maximum absolute atomic E-state index is 11.6. The van der Waals surface area contributed by atoms with Crippen molar-refractivity contribution in [1.82, 2.24) is 15.5 Å². The molecule has 1 aromatic heterocycles. The van der Waals surface area contributed by atoms with Gasteiger partial charge >= 0.3 is 5.97 Å². The second-order valence-electron chi connectivity index (χ2n) is 3.63. The van der Waals surface area contributed by atoms with Crippen LogP contribution in [0, 0.1) is 5.92 Å². The number of nitrogens with zero attached hydrogens (tertiary/aromatic N) is 2. The summed E-state index contributed by atoms with van der Waals surface area (Å²) in [6.45, 7) is 3.13. The topological polar surface area (TPSA) is 92.2 Å². The van der Waals surface area contributed by atoms with Gasteiger partial charge in [-0.3, -0.25) is 9.59 Å². The van der Waals surface area contributed by atoms with Crippen molar-refractivity contribution < 1.29 is 14.7 Å². The molecule has 2 unspecified atom stereocenters. The largest absolute Gasteiger partial charge is 0.481 e. The van der Waals surface area contributed by atoms with Crippen molar-refractivity contribution in [2.45, 2.75) is 19.9 Å². The lowest BCUT2D eigenvalue weighted by atomic mass is 10.0. The Morgan fingerprint density at radius 1 is 1.35 bits per heavy atom. The Labute approximate surface area is 103 Å². The third-order valence-corrected chi connectivity index (χ3v) is 2.56. The summed E-state index contributed by atoms with van der Waals surface area (Å²) < 4.78 is 0. The third-order valence-electron chi connectivity index (χ3n) is 2.36. The van der Waals surface area contributed by atoms with Gasteiger partial charge < -0.3 is 10.4 Å². The highest BCUT2D eigenvalue weighted by atomic mass is 35.5. The highest BCUT2D eigenvalue weighted by molar-refractivity contribution is 6.29. The van der Waals surface area contributed by atoms with Crippen LogP contribution in [0.25, 0.3) is 0 Å². The van der Waals surface area contributed by atoms with Gasteiger partial charge in [-0.05, 0) is 26.0 Å². The van der Waals surface area contributed by atoms with Gasteiger partial charge in [0, 0.05) is 6.04 Å². The zero-order valence-electron chi connectivity index (χ0n) is 9.35. The SMILES string of the molecule is CC(NC(=O)c1ccc(Cl)nn1)C(C)C(=O)O. The molecule has 0 saturated heterocycles. The maximum atomic E-state index is 11.6. The van der Waals surface area contributed by atoms with Crippen molar-refractivity contribution >= 4 is 23.5 Å². The fraction of sp³-hybridized carbons (Fsp3) is 0.400. The summed E-state index contributed by atoms with van der Waals surface area (Å²) in [5.41, 5.74) is 0.0961. The standard InChI is InChI=1S/C10H12ClN3O3/c1-5(10(16)17)6(2)12-9(15)7-3-4-8(11)14-13-7/h3-6H,1-2H3,(H,12,15)(H,16,17). The molecule has 0 aromatic carbocycles. The van der Waals surface area contributed by atoms with Crippen LogP contribution in [0.15, 0.2) is 12.1 Å². The summed E-state index contributed by atoms with van der Waals surface area (Å²) in [4.78, 5) is 22.4. The van der Waals surface area contributed by atoms with Gasteiger partial charge in [-0.1, -0.05) is 11.6 Å². The molecule has 0 fully saturated rings. The van der Waals surface area contributed by atoms with Crippen LogP contribution in [0.4, 0.5) is 0 Å². The van der Waals surface area contributed by atoms with Gasteiger partial charge in [-0.25, -0.2) is 0 Å². The highest BCUT2D eigenvalue weighted by Crippen LogP contribution is 2.05. The van der Waals surface area contributed by atoms with E-state index in [4.69, 9.17) is 16.7 Å². The number of carbonyl (C=O) groups excluding carboxylic acids is 1. The van der Waals surface area contributed by atoms with E-state index in [1.807, 2.05) is 0 Å². The molecular formula is C10H12ClN3O3. The summed E-state index contributed by atoms with van der Waals surface area (Å²) in [5, 5.41) is 18.6. The Kier molecular flexibility index (Phi) is 4.39. The number of aromatic nitrogens is 2. The van der Waals surface area contributed by atoms with Crippen LogP contribution in [0.5, 0.6) is 0 Å². The van der Waals surface area contributed by atoms with E-state index in [0.29, 0.717) is 0 Å². The molecule has 2 N–H and O–H groups in total. The molecule has 1 aromatic rings. The lowest BCUT2D eigenvalue weighted by molar-refractivity contribution is -0.141. The van der Waals surface area contributed by atoms with Crippen LogP contribution in [0.3, 0.4) is 0 Å². The molecule has 0 radical (unpaired) electrons. The zero-order valence-corrected chi connectivity index (χ0v) is 10.1. The molecule has 6 nitrogen and oxygen atoms in total. The maximum Gasteiger partial charge on any atom is 0.308 e. The molecule has 1 rings (SSSR count). The van der Waals surface area contributed by atoms with Gasteiger partial charge in [0.15, 0.2) is 10.8 Å². The van der Waals surface area contributed by atoms with Gasteiger partial charge in [-0.15, -0.1) is 10.2 Å². The summed E-state index contributed by atoms with van der Waals surface area (Å²) in [7, 11) is 0. The monoisotopic (exact) mass is 257 g/mol. The minimum absolute atomic E-state index is 0.0961. The van der Waals surface area contributed by atoms with Gasteiger partial charge in [0.2, 0.25) is 0 Å². The number of carboxylic acid groups (broad SMARTS) is 1. The van der Waals surface area contributed by atoms with Gasteiger partial charge in [0.1, 0.15) is 0 Å². The lowest BCUT2D eigenvalue weighted by Crippen LogP contribution is -2.40. The fourth-order valence-corrected chi connectivity index (χ4v) is 1.16. The third kappa shape index (κ3) is 3.67. The number of hydrogen-bond acceptors (Lipinski definition) is 4. The molecule has 0 spiro atoms. The quantitative estimate of drug-likeness (QED) is 0.838. The fourth-order valence-electron chi connectivity index (χ4n) is 1.06. The molecule has 1 amide bonds. The molecule has 92 valence electrons. The average Bonchev–Trinajstić information content (AvgIpc) is 2.28. The molecule has 0 aliphatic heterocycles. The Morgan fingerprint density at radius 2 is 2.00 bits per heavy atom. The molecule has 1 heterocycles. The van der Waals surface area contributed by atoms with Crippen LogP contribution < -0.4 is 5.32 Å². The molecule has 2 atom stereocenters. The number of hydrogen-bond donors (Lipinski definition) is 2. The van der Waals surface area contributed by atoms with Crippen molar-refractivity contribution in [3.63, 3.8) is 0 Å². The molecule has 17 heavy (non-hydrogen) atoms. The first-order chi connectivity index (χ1) is 7.91. The summed E-state index contributed by atoms with van der Waals surface area (Å²) >= 11 is 5.53. The van der Waals surface area contributed by atoms with Crippen LogP contribution in [-0.2, 0) is 4.79 Å². The summed E-state index contributed by atoms with van der Waals surface area (Å²) in [5.74, 6) is -2.13. The minimum Gasteiger partial charge on any atom is -0.481 e. The molecule has 0 saturated carbocycles. The Hall–Kier alpha value is -1.69. The van der Waals surface area contributed by atoms with E-state index < -0.39 is 23.8 Å². The first kappa shape index (κ1) is 13.4. The van der Waals surface area contributed by atoms with Crippen LogP contribution in [0.1, 0.15) is 24.3 Å². The van der Waals surface area contributed by atoms with Crippen molar-refractivity contribution in [3.05, 3.63) is 23.0 Å².